The molecule has 200 valence electrons. The highest BCUT2D eigenvalue weighted by molar-refractivity contribution is 8.15. The molecule has 2 N–H and O–H groups in total. The number of thioether (sulfide) groups is 1. The molecule has 3 aromatic rings. The Balaban J connectivity index is 1.31. The molecule has 1 aromatic heterocycles. The van der Waals surface area contributed by atoms with Gasteiger partial charge >= 0.3 is 0 Å². The molecule has 2 aliphatic heterocycles. The van der Waals surface area contributed by atoms with Crippen molar-refractivity contribution >= 4 is 63.2 Å². The predicted octanol–water partition coefficient (Wildman–Crippen LogP) is 5.26. The van der Waals surface area contributed by atoms with Gasteiger partial charge in [-0.15, -0.1) is 11.3 Å². The number of aliphatic imine (C=N–C) groups is 2. The summed E-state index contributed by atoms with van der Waals surface area (Å²) in [6.07, 6.45) is 1.02. The Kier molecular flexibility index (Phi) is 8.23. The van der Waals surface area contributed by atoms with Crippen LogP contribution >= 0.6 is 23.1 Å². The third kappa shape index (κ3) is 6.12. The van der Waals surface area contributed by atoms with Crippen LogP contribution in [-0.2, 0) is 20.9 Å². The van der Waals surface area contributed by atoms with E-state index in [4.69, 9.17) is 9.98 Å². The minimum Gasteiger partial charge on any atom is -0.351 e. The van der Waals surface area contributed by atoms with Crippen molar-refractivity contribution in [3.05, 3.63) is 82.0 Å². The Morgan fingerprint density at radius 1 is 1.13 bits per heavy atom. The van der Waals surface area contributed by atoms with Gasteiger partial charge in [-0.1, -0.05) is 49.0 Å². The Hall–Kier alpha value is -3.76. The third-order valence-electron chi connectivity index (χ3n) is 6.43. The SMILES string of the molecule is CC[C@H](SC1=Nc2ccccc2C2=N[C@@H](CCC(=O)NCc3cccs3)C(=O)N12)C(=O)Nc1cccc(C)c1. The van der Waals surface area contributed by atoms with Crippen LogP contribution in [0.2, 0.25) is 0 Å². The van der Waals surface area contributed by atoms with Crippen LogP contribution in [-0.4, -0.2) is 44.9 Å². The van der Waals surface area contributed by atoms with E-state index in [9.17, 15) is 14.4 Å². The highest BCUT2D eigenvalue weighted by Gasteiger charge is 2.42. The number of thiophene rings is 1. The van der Waals surface area contributed by atoms with Gasteiger partial charge < -0.3 is 10.6 Å². The van der Waals surface area contributed by atoms with E-state index in [2.05, 4.69) is 10.6 Å². The van der Waals surface area contributed by atoms with Crippen molar-refractivity contribution in [2.24, 2.45) is 9.98 Å². The molecule has 0 fully saturated rings. The molecule has 0 saturated carbocycles. The van der Waals surface area contributed by atoms with Crippen molar-refractivity contribution in [1.29, 1.82) is 0 Å². The van der Waals surface area contributed by atoms with Crippen LogP contribution < -0.4 is 10.6 Å². The zero-order valence-corrected chi connectivity index (χ0v) is 23.3. The van der Waals surface area contributed by atoms with Crippen LogP contribution in [0.1, 0.15) is 42.2 Å². The van der Waals surface area contributed by atoms with Gasteiger partial charge in [0.15, 0.2) is 5.17 Å². The Labute approximate surface area is 235 Å². The van der Waals surface area contributed by atoms with E-state index < -0.39 is 11.3 Å². The van der Waals surface area contributed by atoms with Crippen LogP contribution in [0.25, 0.3) is 0 Å². The van der Waals surface area contributed by atoms with Crippen molar-refractivity contribution in [3.63, 3.8) is 0 Å². The van der Waals surface area contributed by atoms with Gasteiger partial charge in [0.1, 0.15) is 11.9 Å². The molecule has 39 heavy (non-hydrogen) atoms. The van der Waals surface area contributed by atoms with E-state index in [0.717, 1.165) is 21.7 Å². The lowest BCUT2D eigenvalue weighted by Crippen LogP contribution is -2.42. The summed E-state index contributed by atoms with van der Waals surface area (Å²) in [6, 6.07) is 18.4. The number of carbonyl (C=O) groups is 3. The molecule has 0 bridgehead atoms. The van der Waals surface area contributed by atoms with Crippen LogP contribution in [0.3, 0.4) is 0 Å². The summed E-state index contributed by atoms with van der Waals surface area (Å²) >= 11 is 2.84. The van der Waals surface area contributed by atoms with Crippen molar-refractivity contribution in [3.8, 4) is 0 Å². The summed E-state index contributed by atoms with van der Waals surface area (Å²) in [4.78, 5) is 51.3. The standard InChI is InChI=1S/C29H29N5O3S2/c1-3-24(27(36)31-19-9-6-8-18(2)16-19)39-29-33-22-12-5-4-11-21(22)26-32-23(28(37)34(26)29)13-14-25(35)30-17-20-10-7-15-38-20/h4-12,15-16,23-24H,3,13-14,17H2,1-2H3,(H,30,35)(H,31,36)/t23-,24-/m0/s1. The van der Waals surface area contributed by atoms with E-state index in [1.807, 2.05) is 79.9 Å². The number of rotatable bonds is 9. The Morgan fingerprint density at radius 2 is 1.97 bits per heavy atom. The molecule has 0 unspecified atom stereocenters. The summed E-state index contributed by atoms with van der Waals surface area (Å²) < 4.78 is 0. The van der Waals surface area contributed by atoms with E-state index in [-0.39, 0.29) is 24.1 Å². The number of hydrogen-bond acceptors (Lipinski definition) is 7. The minimum absolute atomic E-state index is 0.121. The topological polar surface area (TPSA) is 103 Å². The summed E-state index contributed by atoms with van der Waals surface area (Å²) in [5.41, 5.74) is 3.24. The predicted molar refractivity (Wildman–Crippen MR) is 158 cm³/mol. The second-order valence-electron chi connectivity index (χ2n) is 9.32. The average molecular weight is 560 g/mol. The number of hydrogen-bond donors (Lipinski definition) is 2. The molecule has 2 aliphatic rings. The number of aryl methyl sites for hydroxylation is 1. The number of benzene rings is 2. The van der Waals surface area contributed by atoms with Gasteiger partial charge in [-0.2, -0.15) is 0 Å². The number of nitrogens with zero attached hydrogens (tertiary/aromatic N) is 3. The minimum atomic E-state index is -0.689. The van der Waals surface area contributed by atoms with E-state index in [1.165, 1.54) is 16.7 Å². The molecule has 0 radical (unpaired) electrons. The fourth-order valence-corrected chi connectivity index (χ4v) is 6.08. The Bertz CT molecular complexity index is 1450. The Morgan fingerprint density at radius 3 is 2.74 bits per heavy atom. The average Bonchev–Trinajstić information content (AvgIpc) is 3.57. The summed E-state index contributed by atoms with van der Waals surface area (Å²) in [7, 11) is 0. The lowest BCUT2D eigenvalue weighted by atomic mass is 10.1. The van der Waals surface area contributed by atoms with Gasteiger partial charge in [-0.3, -0.25) is 19.4 Å². The highest BCUT2D eigenvalue weighted by atomic mass is 32.2. The first kappa shape index (κ1) is 26.8. The second kappa shape index (κ2) is 12.0. The van der Waals surface area contributed by atoms with E-state index >= 15 is 0 Å². The first-order valence-corrected chi connectivity index (χ1v) is 14.6. The van der Waals surface area contributed by atoms with Gasteiger partial charge in [0.05, 0.1) is 17.5 Å². The fraction of sp³-hybridized carbons (Fsp3) is 0.276. The molecule has 8 nitrogen and oxygen atoms in total. The van der Waals surface area contributed by atoms with Crippen molar-refractivity contribution in [1.82, 2.24) is 10.2 Å². The quantitative estimate of drug-likeness (QED) is 0.373. The molecule has 5 rings (SSSR count). The maximum atomic E-state index is 13.6. The number of carbonyl (C=O) groups excluding carboxylic acids is 3. The summed E-state index contributed by atoms with van der Waals surface area (Å²) in [5, 5.41) is 7.82. The molecule has 0 spiro atoms. The van der Waals surface area contributed by atoms with E-state index in [0.29, 0.717) is 36.1 Å². The fourth-order valence-electron chi connectivity index (χ4n) is 4.42. The molecule has 10 heteroatoms. The third-order valence-corrected chi connectivity index (χ3v) is 8.62. The van der Waals surface area contributed by atoms with Crippen molar-refractivity contribution in [2.75, 3.05) is 5.32 Å². The zero-order valence-electron chi connectivity index (χ0n) is 21.7. The van der Waals surface area contributed by atoms with Crippen molar-refractivity contribution < 1.29 is 14.4 Å². The largest absolute Gasteiger partial charge is 0.351 e. The number of amidine groups is 2. The first-order valence-electron chi connectivity index (χ1n) is 12.9. The zero-order chi connectivity index (χ0) is 27.4. The number of amides is 3. The van der Waals surface area contributed by atoms with E-state index in [1.54, 1.807) is 11.3 Å². The molecule has 3 heterocycles. The molecule has 2 aromatic carbocycles. The van der Waals surface area contributed by atoms with Gasteiger partial charge in [0.25, 0.3) is 5.91 Å². The van der Waals surface area contributed by atoms with Crippen LogP contribution in [0, 0.1) is 6.92 Å². The number of fused-ring (bicyclic) bond motifs is 3. The molecule has 3 amide bonds. The highest BCUT2D eigenvalue weighted by Crippen LogP contribution is 2.36. The van der Waals surface area contributed by atoms with Gasteiger partial charge in [-0.25, -0.2) is 9.89 Å². The second-order valence-corrected chi connectivity index (χ2v) is 11.5. The number of anilines is 1. The maximum absolute atomic E-state index is 13.6. The summed E-state index contributed by atoms with van der Waals surface area (Å²) in [5.74, 6) is 0.0133. The molecule has 0 saturated heterocycles. The van der Waals surface area contributed by atoms with Crippen LogP contribution in [0.15, 0.2) is 76.0 Å². The lowest BCUT2D eigenvalue weighted by Gasteiger charge is -2.27. The van der Waals surface area contributed by atoms with Crippen LogP contribution in [0.5, 0.6) is 0 Å². The molecular formula is C29H29N5O3S2. The number of para-hydroxylation sites is 1. The first-order chi connectivity index (χ1) is 18.9. The summed E-state index contributed by atoms with van der Waals surface area (Å²) in [6.45, 7) is 4.38. The molecule has 2 atom stereocenters. The van der Waals surface area contributed by atoms with Crippen molar-refractivity contribution in [2.45, 2.75) is 50.9 Å². The molecular weight excluding hydrogens is 530 g/mol. The number of nitrogens with one attached hydrogen (secondary N) is 2. The normalized spacial score (nSPS) is 16.6. The lowest BCUT2D eigenvalue weighted by molar-refractivity contribution is -0.125. The smallest absolute Gasteiger partial charge is 0.259 e. The van der Waals surface area contributed by atoms with Gasteiger partial charge in [-0.05, 0) is 61.0 Å². The van der Waals surface area contributed by atoms with Gasteiger partial charge in [0, 0.05) is 22.5 Å². The van der Waals surface area contributed by atoms with Gasteiger partial charge in [0.2, 0.25) is 11.8 Å². The van der Waals surface area contributed by atoms with Crippen LogP contribution in [0.4, 0.5) is 11.4 Å². The molecule has 0 aliphatic carbocycles. The monoisotopic (exact) mass is 559 g/mol. The maximum Gasteiger partial charge on any atom is 0.259 e.